The van der Waals surface area contributed by atoms with Crippen LogP contribution in [0.2, 0.25) is 0 Å². The van der Waals surface area contributed by atoms with E-state index in [0.717, 1.165) is 0 Å². The monoisotopic (exact) mass is 328 g/mol. The highest BCUT2D eigenvalue weighted by Gasteiger charge is 2.16. The van der Waals surface area contributed by atoms with Gasteiger partial charge in [-0.1, -0.05) is 86.6 Å². The highest BCUT2D eigenvalue weighted by atomic mass is 32.1. The highest BCUT2D eigenvalue weighted by molar-refractivity contribution is 7.23. The molecule has 0 N–H and O–H groups in total. The van der Waals surface area contributed by atoms with Crippen molar-refractivity contribution >= 4 is 21.4 Å². The maximum Gasteiger partial charge on any atom is 0.0433 e. The van der Waals surface area contributed by atoms with Gasteiger partial charge in [0.25, 0.3) is 0 Å². The summed E-state index contributed by atoms with van der Waals surface area (Å²) >= 11 is 1.90. The Morgan fingerprint density at radius 2 is 1.33 bits per heavy atom. The van der Waals surface area contributed by atoms with Crippen molar-refractivity contribution in [3.8, 4) is 21.6 Å². The lowest BCUT2D eigenvalue weighted by molar-refractivity contribution is 0.869. The molecule has 0 amide bonds. The molecule has 0 saturated carbocycles. The van der Waals surface area contributed by atoms with E-state index in [0.29, 0.717) is 5.92 Å². The van der Waals surface area contributed by atoms with Gasteiger partial charge in [0.2, 0.25) is 0 Å². The third-order valence-corrected chi connectivity index (χ3v) is 5.68. The maximum atomic E-state index is 2.36. The Hall–Kier alpha value is -2.38. The first-order valence-electron chi connectivity index (χ1n) is 8.41. The van der Waals surface area contributed by atoms with E-state index in [4.69, 9.17) is 0 Å². The molecule has 24 heavy (non-hydrogen) atoms. The van der Waals surface area contributed by atoms with Crippen molar-refractivity contribution in [3.05, 3.63) is 84.4 Å². The van der Waals surface area contributed by atoms with Gasteiger partial charge in [0.15, 0.2) is 0 Å². The minimum atomic E-state index is 0.553. The topological polar surface area (TPSA) is 0 Å². The molecule has 1 aromatic heterocycles. The summed E-state index contributed by atoms with van der Waals surface area (Å²) in [4.78, 5) is 1.36. The first kappa shape index (κ1) is 15.2. The molecule has 0 aliphatic rings. The van der Waals surface area contributed by atoms with Crippen LogP contribution in [0.5, 0.6) is 0 Å². The van der Waals surface area contributed by atoms with Crippen LogP contribution in [0, 0.1) is 0 Å². The van der Waals surface area contributed by atoms with E-state index < -0.39 is 0 Å². The third-order valence-electron chi connectivity index (χ3n) is 4.48. The summed E-state index contributed by atoms with van der Waals surface area (Å²) in [6.45, 7) is 4.51. The molecule has 4 rings (SSSR count). The van der Waals surface area contributed by atoms with E-state index >= 15 is 0 Å². The fourth-order valence-electron chi connectivity index (χ4n) is 3.16. The quantitative estimate of drug-likeness (QED) is 0.368. The Balaban J connectivity index is 2.03. The standard InChI is InChI=1S/C23H20S/c1-16(2)19-13-14-20-21(15-19)24-23(18-11-7-4-8-12-18)22(20)17-9-5-3-6-10-17/h3-16H,1-2H3. The summed E-state index contributed by atoms with van der Waals surface area (Å²) in [5.74, 6) is 0.553. The predicted molar refractivity (Wildman–Crippen MR) is 107 cm³/mol. The van der Waals surface area contributed by atoms with E-state index in [1.54, 1.807) is 0 Å². The zero-order chi connectivity index (χ0) is 16.5. The molecule has 0 nitrogen and oxygen atoms in total. The molecule has 118 valence electrons. The molecule has 0 fully saturated rings. The normalized spacial score (nSPS) is 11.3. The Bertz CT molecular complexity index is 963. The van der Waals surface area contributed by atoms with Crippen LogP contribution in [-0.4, -0.2) is 0 Å². The molecule has 0 saturated heterocycles. The SMILES string of the molecule is CC(C)c1ccc2c(-c3ccccc3)c(-c3ccccc3)sc2c1. The van der Waals surface area contributed by atoms with Gasteiger partial charge in [-0.15, -0.1) is 11.3 Å². The second kappa shape index (κ2) is 6.26. The molecule has 0 unspecified atom stereocenters. The summed E-state index contributed by atoms with van der Waals surface area (Å²) in [5.41, 5.74) is 5.35. The fraction of sp³-hybridized carbons (Fsp3) is 0.130. The van der Waals surface area contributed by atoms with Gasteiger partial charge >= 0.3 is 0 Å². The molecule has 0 atom stereocenters. The summed E-state index contributed by atoms with van der Waals surface area (Å²) < 4.78 is 1.37. The minimum absolute atomic E-state index is 0.553. The van der Waals surface area contributed by atoms with Crippen LogP contribution in [-0.2, 0) is 0 Å². The van der Waals surface area contributed by atoms with Crippen molar-refractivity contribution < 1.29 is 0 Å². The lowest BCUT2D eigenvalue weighted by Gasteiger charge is -2.07. The molecule has 0 bridgehead atoms. The van der Waals surface area contributed by atoms with Gasteiger partial charge in [-0.25, -0.2) is 0 Å². The van der Waals surface area contributed by atoms with Crippen molar-refractivity contribution in [2.24, 2.45) is 0 Å². The number of rotatable bonds is 3. The molecular weight excluding hydrogens is 308 g/mol. The van der Waals surface area contributed by atoms with Gasteiger partial charge in [-0.3, -0.25) is 0 Å². The van der Waals surface area contributed by atoms with E-state index in [2.05, 4.69) is 92.7 Å². The Morgan fingerprint density at radius 3 is 1.96 bits per heavy atom. The molecule has 1 heterocycles. The molecule has 3 aromatic carbocycles. The summed E-state index contributed by atoms with van der Waals surface area (Å²) in [6, 6.07) is 28.4. The number of benzene rings is 3. The van der Waals surface area contributed by atoms with E-state index in [1.807, 2.05) is 11.3 Å². The van der Waals surface area contributed by atoms with Crippen LogP contribution >= 0.6 is 11.3 Å². The lowest BCUT2D eigenvalue weighted by Crippen LogP contribution is -1.85. The minimum Gasteiger partial charge on any atom is -0.135 e. The molecule has 0 radical (unpaired) electrons. The van der Waals surface area contributed by atoms with Gasteiger partial charge in [0.1, 0.15) is 0 Å². The summed E-state index contributed by atoms with van der Waals surface area (Å²) in [6.07, 6.45) is 0. The van der Waals surface area contributed by atoms with Crippen molar-refractivity contribution in [1.29, 1.82) is 0 Å². The van der Waals surface area contributed by atoms with Crippen LogP contribution in [0.3, 0.4) is 0 Å². The van der Waals surface area contributed by atoms with E-state index in [9.17, 15) is 0 Å². The first-order valence-corrected chi connectivity index (χ1v) is 9.23. The first-order chi connectivity index (χ1) is 11.7. The van der Waals surface area contributed by atoms with Crippen LogP contribution < -0.4 is 0 Å². The third kappa shape index (κ3) is 2.65. The molecular formula is C23H20S. The Labute approximate surface area is 147 Å². The van der Waals surface area contributed by atoms with Gasteiger partial charge in [-0.05, 0) is 28.7 Å². The van der Waals surface area contributed by atoms with E-state index in [1.165, 1.54) is 37.2 Å². The second-order valence-corrected chi connectivity index (χ2v) is 7.50. The number of hydrogen-bond acceptors (Lipinski definition) is 1. The van der Waals surface area contributed by atoms with Crippen LogP contribution in [0.15, 0.2) is 78.9 Å². The van der Waals surface area contributed by atoms with Gasteiger partial charge in [-0.2, -0.15) is 0 Å². The molecule has 0 spiro atoms. The Morgan fingerprint density at radius 1 is 0.708 bits per heavy atom. The Kier molecular flexibility index (Phi) is 3.95. The highest BCUT2D eigenvalue weighted by Crippen LogP contribution is 2.45. The van der Waals surface area contributed by atoms with Crippen LogP contribution in [0.25, 0.3) is 31.7 Å². The number of fused-ring (bicyclic) bond motifs is 1. The van der Waals surface area contributed by atoms with Crippen LogP contribution in [0.4, 0.5) is 0 Å². The molecule has 4 aromatic rings. The van der Waals surface area contributed by atoms with Crippen molar-refractivity contribution in [2.45, 2.75) is 19.8 Å². The smallest absolute Gasteiger partial charge is 0.0433 e. The van der Waals surface area contributed by atoms with Gasteiger partial charge in [0.05, 0.1) is 0 Å². The fourth-order valence-corrected chi connectivity index (χ4v) is 4.44. The van der Waals surface area contributed by atoms with E-state index in [-0.39, 0.29) is 0 Å². The average molecular weight is 328 g/mol. The zero-order valence-electron chi connectivity index (χ0n) is 14.0. The number of thiophene rings is 1. The zero-order valence-corrected chi connectivity index (χ0v) is 14.8. The molecule has 0 aliphatic carbocycles. The summed E-state index contributed by atoms with van der Waals surface area (Å²) in [5, 5.41) is 1.36. The molecule has 1 heteroatoms. The van der Waals surface area contributed by atoms with Crippen molar-refractivity contribution in [3.63, 3.8) is 0 Å². The van der Waals surface area contributed by atoms with Crippen LogP contribution in [0.1, 0.15) is 25.3 Å². The summed E-state index contributed by atoms with van der Waals surface area (Å²) in [7, 11) is 0. The lowest BCUT2D eigenvalue weighted by atomic mass is 9.96. The van der Waals surface area contributed by atoms with Crippen molar-refractivity contribution in [1.82, 2.24) is 0 Å². The second-order valence-electron chi connectivity index (χ2n) is 6.45. The maximum absolute atomic E-state index is 2.36. The number of hydrogen-bond donors (Lipinski definition) is 0. The largest absolute Gasteiger partial charge is 0.135 e. The molecule has 0 aliphatic heterocycles. The van der Waals surface area contributed by atoms with Crippen molar-refractivity contribution in [2.75, 3.05) is 0 Å². The van der Waals surface area contributed by atoms with Gasteiger partial charge < -0.3 is 0 Å². The average Bonchev–Trinajstić information content (AvgIpc) is 3.01. The van der Waals surface area contributed by atoms with Gasteiger partial charge in [0, 0.05) is 20.5 Å². The predicted octanol–water partition coefficient (Wildman–Crippen LogP) is 7.36.